The lowest BCUT2D eigenvalue weighted by molar-refractivity contribution is 0.185. The average Bonchev–Trinajstić information content (AvgIpc) is 3.34. The molecule has 0 aliphatic carbocycles. The Morgan fingerprint density at radius 1 is 0.968 bits per heavy atom. The van der Waals surface area contributed by atoms with Gasteiger partial charge in [0.2, 0.25) is 0 Å². The number of hydrogen-bond acceptors (Lipinski definition) is 4. The van der Waals surface area contributed by atoms with Gasteiger partial charge in [-0.25, -0.2) is 4.99 Å². The zero-order chi connectivity index (χ0) is 21.9. The molecule has 2 aromatic carbocycles. The summed E-state index contributed by atoms with van der Waals surface area (Å²) in [7, 11) is 3.42. The highest BCUT2D eigenvalue weighted by atomic mass is 16.5. The molecule has 0 aromatic heterocycles. The Balaban J connectivity index is 1.66. The number of aliphatic imine (C=N–C) groups is 1. The zero-order valence-electron chi connectivity index (χ0n) is 19.1. The quantitative estimate of drug-likeness (QED) is 0.450. The van der Waals surface area contributed by atoms with Gasteiger partial charge in [0.25, 0.3) is 0 Å². The Kier molecular flexibility index (Phi) is 9.18. The van der Waals surface area contributed by atoms with Crippen LogP contribution < -0.4 is 15.4 Å². The van der Waals surface area contributed by atoms with E-state index < -0.39 is 0 Å². The monoisotopic (exact) mass is 424 g/mol. The van der Waals surface area contributed by atoms with Crippen LogP contribution in [-0.2, 0) is 17.9 Å². The third-order valence-electron chi connectivity index (χ3n) is 5.64. The van der Waals surface area contributed by atoms with Crippen molar-refractivity contribution in [1.82, 2.24) is 15.5 Å². The molecule has 1 fully saturated rings. The summed E-state index contributed by atoms with van der Waals surface area (Å²) in [6.07, 6.45) is 2.53. The predicted molar refractivity (Wildman–Crippen MR) is 127 cm³/mol. The normalized spacial score (nSPS) is 15.6. The van der Waals surface area contributed by atoms with Crippen LogP contribution in [0.1, 0.15) is 42.5 Å². The Morgan fingerprint density at radius 3 is 2.26 bits per heavy atom. The van der Waals surface area contributed by atoms with E-state index in [0.29, 0.717) is 19.2 Å². The van der Waals surface area contributed by atoms with E-state index in [4.69, 9.17) is 14.5 Å². The van der Waals surface area contributed by atoms with Crippen molar-refractivity contribution in [2.24, 2.45) is 4.99 Å². The number of methoxy groups -OCH3 is 2. The molecule has 1 aliphatic rings. The van der Waals surface area contributed by atoms with Crippen molar-refractivity contribution in [3.8, 4) is 5.75 Å². The molecule has 0 spiro atoms. The number of hydrogen-bond donors (Lipinski definition) is 2. The minimum atomic E-state index is 0.311. The number of guanidine groups is 1. The number of benzene rings is 2. The molecule has 0 amide bonds. The smallest absolute Gasteiger partial charge is 0.191 e. The third-order valence-corrected chi connectivity index (χ3v) is 5.64. The van der Waals surface area contributed by atoms with Crippen LogP contribution in [0.2, 0.25) is 0 Å². The molecule has 6 heteroatoms. The average molecular weight is 425 g/mol. The molecule has 168 valence electrons. The Labute approximate surface area is 186 Å². The molecule has 0 bridgehead atoms. The topological polar surface area (TPSA) is 58.1 Å². The fourth-order valence-electron chi connectivity index (χ4n) is 3.95. The first-order valence-corrected chi connectivity index (χ1v) is 11.2. The standard InChI is InChI=1S/C25H36N4O2/c1-4-26-25(27-17-20-7-9-21(10-8-20)19-30-2)28-18-24(29-15-5-6-16-29)22-11-13-23(31-3)14-12-22/h7-14,24H,4-6,15-19H2,1-3H3,(H2,26,27,28). The maximum absolute atomic E-state index is 5.33. The van der Waals surface area contributed by atoms with Crippen molar-refractivity contribution in [3.63, 3.8) is 0 Å². The molecule has 2 N–H and O–H groups in total. The third kappa shape index (κ3) is 6.97. The minimum absolute atomic E-state index is 0.311. The molecule has 0 saturated carbocycles. The summed E-state index contributed by atoms with van der Waals surface area (Å²) in [6, 6.07) is 17.2. The van der Waals surface area contributed by atoms with E-state index >= 15 is 0 Å². The van der Waals surface area contributed by atoms with Crippen LogP contribution in [0.15, 0.2) is 53.5 Å². The summed E-state index contributed by atoms with van der Waals surface area (Å²) < 4.78 is 10.5. The summed E-state index contributed by atoms with van der Waals surface area (Å²) >= 11 is 0. The lowest BCUT2D eigenvalue weighted by Gasteiger charge is -2.29. The molecule has 0 radical (unpaired) electrons. The van der Waals surface area contributed by atoms with Gasteiger partial charge in [0, 0.05) is 20.2 Å². The SMILES string of the molecule is CCNC(=NCc1ccc(COC)cc1)NCC(c1ccc(OC)cc1)N1CCCC1. The van der Waals surface area contributed by atoms with Crippen LogP contribution in [0.25, 0.3) is 0 Å². The zero-order valence-corrected chi connectivity index (χ0v) is 19.1. The highest BCUT2D eigenvalue weighted by Crippen LogP contribution is 2.26. The number of nitrogens with zero attached hydrogens (tertiary/aromatic N) is 2. The van der Waals surface area contributed by atoms with Gasteiger partial charge in [-0.2, -0.15) is 0 Å². The fraction of sp³-hybridized carbons (Fsp3) is 0.480. The first-order valence-electron chi connectivity index (χ1n) is 11.2. The molecular formula is C25H36N4O2. The largest absolute Gasteiger partial charge is 0.497 e. The summed E-state index contributed by atoms with van der Waals surface area (Å²) in [5, 5.41) is 6.95. The van der Waals surface area contributed by atoms with Gasteiger partial charge in [-0.1, -0.05) is 36.4 Å². The Hall–Kier alpha value is -2.57. The van der Waals surface area contributed by atoms with Crippen LogP contribution in [0.4, 0.5) is 0 Å². The second-order valence-corrected chi connectivity index (χ2v) is 7.86. The number of rotatable bonds is 10. The van der Waals surface area contributed by atoms with Crippen molar-refractivity contribution in [1.29, 1.82) is 0 Å². The van der Waals surface area contributed by atoms with Crippen molar-refractivity contribution >= 4 is 5.96 Å². The van der Waals surface area contributed by atoms with Crippen molar-refractivity contribution < 1.29 is 9.47 Å². The lowest BCUT2D eigenvalue weighted by Crippen LogP contribution is -2.42. The van der Waals surface area contributed by atoms with E-state index in [0.717, 1.165) is 37.9 Å². The Bertz CT molecular complexity index is 799. The van der Waals surface area contributed by atoms with Gasteiger partial charge in [-0.15, -0.1) is 0 Å². The summed E-state index contributed by atoms with van der Waals surface area (Å²) in [4.78, 5) is 7.37. The van der Waals surface area contributed by atoms with Gasteiger partial charge in [-0.3, -0.25) is 4.90 Å². The summed E-state index contributed by atoms with van der Waals surface area (Å²) in [5.74, 6) is 1.74. The van der Waals surface area contributed by atoms with Crippen molar-refractivity contribution in [2.75, 3.05) is 40.4 Å². The van der Waals surface area contributed by atoms with Gasteiger partial charge in [-0.05, 0) is 61.7 Å². The molecule has 3 rings (SSSR count). The second-order valence-electron chi connectivity index (χ2n) is 7.86. The number of ether oxygens (including phenoxy) is 2. The molecule has 1 aliphatic heterocycles. The van der Waals surface area contributed by atoms with E-state index in [-0.39, 0.29) is 0 Å². The van der Waals surface area contributed by atoms with Gasteiger partial charge < -0.3 is 20.1 Å². The lowest BCUT2D eigenvalue weighted by atomic mass is 10.1. The predicted octanol–water partition coefficient (Wildman–Crippen LogP) is 3.73. The van der Waals surface area contributed by atoms with Gasteiger partial charge in [0.1, 0.15) is 5.75 Å². The molecule has 1 heterocycles. The maximum Gasteiger partial charge on any atom is 0.191 e. The van der Waals surface area contributed by atoms with E-state index in [1.807, 2.05) is 12.1 Å². The van der Waals surface area contributed by atoms with E-state index in [9.17, 15) is 0 Å². The molecule has 2 aromatic rings. The molecule has 31 heavy (non-hydrogen) atoms. The first kappa shape index (κ1) is 23.1. The van der Waals surface area contributed by atoms with Gasteiger partial charge in [0.15, 0.2) is 5.96 Å². The highest BCUT2D eigenvalue weighted by Gasteiger charge is 2.23. The van der Waals surface area contributed by atoms with Crippen molar-refractivity contribution in [3.05, 3.63) is 65.2 Å². The molecule has 1 unspecified atom stereocenters. The van der Waals surface area contributed by atoms with Crippen molar-refractivity contribution in [2.45, 2.75) is 39.0 Å². The fourth-order valence-corrected chi connectivity index (χ4v) is 3.95. The minimum Gasteiger partial charge on any atom is -0.497 e. The molecule has 1 saturated heterocycles. The van der Waals surface area contributed by atoms with Crippen LogP contribution in [0.5, 0.6) is 5.75 Å². The first-order chi connectivity index (χ1) is 15.2. The second kappa shape index (κ2) is 12.3. The van der Waals surface area contributed by atoms with E-state index in [1.54, 1.807) is 14.2 Å². The number of nitrogens with one attached hydrogen (secondary N) is 2. The van der Waals surface area contributed by atoms with Crippen LogP contribution in [0, 0.1) is 0 Å². The van der Waals surface area contributed by atoms with Crippen LogP contribution in [-0.4, -0.2) is 51.3 Å². The molecular weight excluding hydrogens is 388 g/mol. The number of likely N-dealkylation sites (tertiary alicyclic amines) is 1. The highest BCUT2D eigenvalue weighted by molar-refractivity contribution is 5.79. The molecule has 6 nitrogen and oxygen atoms in total. The van der Waals surface area contributed by atoms with E-state index in [2.05, 4.69) is 58.9 Å². The van der Waals surface area contributed by atoms with Crippen LogP contribution in [0.3, 0.4) is 0 Å². The summed E-state index contributed by atoms with van der Waals surface area (Å²) in [5.41, 5.74) is 3.66. The summed E-state index contributed by atoms with van der Waals surface area (Å²) in [6.45, 7) is 7.29. The Morgan fingerprint density at radius 2 is 1.65 bits per heavy atom. The molecule has 1 atom stereocenters. The maximum atomic E-state index is 5.33. The van der Waals surface area contributed by atoms with Gasteiger partial charge in [0.05, 0.1) is 26.3 Å². The van der Waals surface area contributed by atoms with Gasteiger partial charge >= 0.3 is 0 Å². The van der Waals surface area contributed by atoms with Crippen LogP contribution >= 0.6 is 0 Å². The van der Waals surface area contributed by atoms with E-state index in [1.165, 1.54) is 29.5 Å².